The first-order chi connectivity index (χ1) is 11.0. The second-order valence-electron chi connectivity index (χ2n) is 4.61. The molecule has 0 saturated carbocycles. The van der Waals surface area contributed by atoms with Crippen molar-refractivity contribution in [3.63, 3.8) is 0 Å². The number of phenols is 2. The summed E-state index contributed by atoms with van der Waals surface area (Å²) in [6.07, 6.45) is -1.20. The molecule has 0 spiro atoms. The van der Waals surface area contributed by atoms with Crippen molar-refractivity contribution < 1.29 is 24.9 Å². The number of methoxy groups -OCH3 is 1. The summed E-state index contributed by atoms with van der Waals surface area (Å²) in [5.74, 6) is -0.862. The van der Waals surface area contributed by atoms with Gasteiger partial charge in [-0.25, -0.2) is 9.69 Å². The molecule has 1 aromatic heterocycles. The van der Waals surface area contributed by atoms with Gasteiger partial charge < -0.3 is 20.1 Å². The van der Waals surface area contributed by atoms with Gasteiger partial charge in [0.05, 0.1) is 23.7 Å². The van der Waals surface area contributed by atoms with E-state index in [4.69, 9.17) is 4.74 Å². The molecule has 0 fully saturated rings. The van der Waals surface area contributed by atoms with Gasteiger partial charge in [-0.05, 0) is 23.7 Å². The van der Waals surface area contributed by atoms with Gasteiger partial charge in [0.25, 0.3) is 0 Å². The lowest BCUT2D eigenvalue weighted by Gasteiger charge is -2.18. The number of hydrogen-bond acceptors (Lipinski definition) is 6. The summed E-state index contributed by atoms with van der Waals surface area (Å²) >= 11 is 0.934. The number of nitrogens with zero attached hydrogens (tertiary/aromatic N) is 2. The molecule has 1 amide bonds. The average molecular weight is 332 g/mol. The molecular weight excluding hydrogens is 320 g/mol. The third kappa shape index (κ3) is 2.38. The summed E-state index contributed by atoms with van der Waals surface area (Å²) in [4.78, 5) is 12.8. The Morgan fingerprint density at radius 2 is 1.96 bits per heavy atom. The van der Waals surface area contributed by atoms with Gasteiger partial charge in [-0.2, -0.15) is 4.37 Å². The first kappa shape index (κ1) is 14.9. The van der Waals surface area contributed by atoms with E-state index in [0.29, 0.717) is 16.6 Å². The van der Waals surface area contributed by atoms with Crippen LogP contribution in [0.5, 0.6) is 17.2 Å². The zero-order chi connectivity index (χ0) is 16.6. The number of fused-ring (bicyclic) bond motifs is 1. The summed E-state index contributed by atoms with van der Waals surface area (Å²) < 4.78 is 9.28. The van der Waals surface area contributed by atoms with Crippen molar-refractivity contribution in [2.24, 2.45) is 0 Å². The van der Waals surface area contributed by atoms with Crippen LogP contribution in [0.1, 0.15) is 0 Å². The van der Waals surface area contributed by atoms with Crippen LogP contribution in [0.4, 0.5) is 15.5 Å². The van der Waals surface area contributed by atoms with E-state index in [-0.39, 0.29) is 16.5 Å². The lowest BCUT2D eigenvalue weighted by molar-refractivity contribution is 0.205. The summed E-state index contributed by atoms with van der Waals surface area (Å²) in [5.41, 5.74) is 0.763. The lowest BCUT2D eigenvalue weighted by atomic mass is 10.2. The Morgan fingerprint density at radius 3 is 2.57 bits per heavy atom. The Hall–Kier alpha value is -3.00. The molecule has 23 heavy (non-hydrogen) atoms. The molecule has 0 bridgehead atoms. The van der Waals surface area contributed by atoms with Crippen LogP contribution in [0.2, 0.25) is 0 Å². The second kappa shape index (κ2) is 5.65. The molecule has 3 aromatic rings. The number of ether oxygens (including phenoxy) is 1. The Balaban J connectivity index is 2.30. The maximum Gasteiger partial charge on any atom is 0.417 e. The van der Waals surface area contributed by atoms with Gasteiger partial charge >= 0.3 is 6.09 Å². The first-order valence-corrected chi connectivity index (χ1v) is 7.28. The normalized spacial score (nSPS) is 10.7. The van der Waals surface area contributed by atoms with Crippen molar-refractivity contribution in [3.8, 4) is 17.2 Å². The minimum Gasteiger partial charge on any atom is -0.504 e. The summed E-state index contributed by atoms with van der Waals surface area (Å²) in [6, 6.07) is 9.76. The number of anilines is 2. The monoisotopic (exact) mass is 332 g/mol. The van der Waals surface area contributed by atoms with Crippen LogP contribution < -0.4 is 9.64 Å². The largest absolute Gasteiger partial charge is 0.504 e. The maximum atomic E-state index is 11.7. The molecule has 2 aromatic carbocycles. The predicted molar refractivity (Wildman–Crippen MR) is 86.1 cm³/mol. The van der Waals surface area contributed by atoms with Crippen molar-refractivity contribution >= 4 is 39.2 Å². The predicted octanol–water partition coefficient (Wildman–Crippen LogP) is 3.53. The smallest absolute Gasteiger partial charge is 0.417 e. The molecule has 7 nitrogen and oxygen atoms in total. The molecule has 8 heteroatoms. The van der Waals surface area contributed by atoms with Gasteiger partial charge in [0.15, 0.2) is 11.5 Å². The third-order valence-electron chi connectivity index (χ3n) is 3.27. The summed E-state index contributed by atoms with van der Waals surface area (Å²) in [6.45, 7) is 0. The molecule has 3 N–H and O–H groups in total. The highest BCUT2D eigenvalue weighted by Crippen LogP contribution is 2.48. The first-order valence-electron chi connectivity index (χ1n) is 6.51. The highest BCUT2D eigenvalue weighted by molar-refractivity contribution is 7.12. The zero-order valence-electron chi connectivity index (χ0n) is 11.9. The molecule has 0 unspecified atom stereocenters. The van der Waals surface area contributed by atoms with Gasteiger partial charge in [0.2, 0.25) is 5.75 Å². The van der Waals surface area contributed by atoms with Crippen molar-refractivity contribution in [1.82, 2.24) is 4.37 Å². The number of aromatic hydroxyl groups is 2. The number of para-hydroxylation sites is 1. The highest BCUT2D eigenvalue weighted by atomic mass is 32.1. The molecule has 0 aliphatic heterocycles. The third-order valence-corrected chi connectivity index (χ3v) is 4.12. The minimum absolute atomic E-state index is 0.0223. The van der Waals surface area contributed by atoms with Crippen LogP contribution in [0.25, 0.3) is 10.9 Å². The average Bonchev–Trinajstić information content (AvgIpc) is 2.93. The highest BCUT2D eigenvalue weighted by Gasteiger charge is 2.26. The maximum absolute atomic E-state index is 11.7. The van der Waals surface area contributed by atoms with Gasteiger partial charge in [0.1, 0.15) is 5.00 Å². The van der Waals surface area contributed by atoms with E-state index >= 15 is 0 Å². The molecule has 0 aliphatic carbocycles. The van der Waals surface area contributed by atoms with Crippen LogP contribution in [0.15, 0.2) is 36.4 Å². The van der Waals surface area contributed by atoms with Crippen molar-refractivity contribution in [3.05, 3.63) is 36.4 Å². The number of aromatic nitrogens is 1. The minimum atomic E-state index is -1.20. The van der Waals surface area contributed by atoms with E-state index in [0.717, 1.165) is 16.4 Å². The van der Waals surface area contributed by atoms with Crippen LogP contribution >= 0.6 is 11.5 Å². The van der Waals surface area contributed by atoms with Gasteiger partial charge in [0, 0.05) is 6.07 Å². The van der Waals surface area contributed by atoms with Crippen LogP contribution in [-0.2, 0) is 0 Å². The fraction of sp³-hybridized carbons (Fsp3) is 0.0667. The van der Waals surface area contributed by atoms with E-state index in [1.165, 1.54) is 13.2 Å². The fourth-order valence-electron chi connectivity index (χ4n) is 2.28. The molecular formula is C15H12N2O5S. The van der Waals surface area contributed by atoms with E-state index in [1.54, 1.807) is 30.3 Å². The van der Waals surface area contributed by atoms with Crippen LogP contribution in [0.3, 0.4) is 0 Å². The summed E-state index contributed by atoms with van der Waals surface area (Å²) in [5, 5.41) is 29.9. The van der Waals surface area contributed by atoms with Gasteiger partial charge in [-0.1, -0.05) is 18.2 Å². The Bertz CT molecular complexity index is 878. The molecule has 1 heterocycles. The molecule has 0 atom stereocenters. The number of carboxylic acid groups (broad SMARTS) is 1. The lowest BCUT2D eigenvalue weighted by Crippen LogP contribution is -2.22. The number of benzene rings is 2. The second-order valence-corrected chi connectivity index (χ2v) is 5.36. The number of rotatable bonds is 3. The van der Waals surface area contributed by atoms with Crippen LogP contribution in [0, 0.1) is 0 Å². The SMILES string of the molecule is COc1c(O)c(O)cc2nsc(N(C(=O)O)c3ccccc3)c12. The quantitative estimate of drug-likeness (QED) is 0.634. The Labute approximate surface area is 134 Å². The van der Waals surface area contributed by atoms with Crippen LogP contribution in [-0.4, -0.2) is 32.9 Å². The van der Waals surface area contributed by atoms with E-state index in [2.05, 4.69) is 4.37 Å². The number of phenolic OH excluding ortho intramolecular Hbond substituents is 2. The fourth-order valence-corrected chi connectivity index (χ4v) is 3.16. The number of carbonyl (C=O) groups is 1. The van der Waals surface area contributed by atoms with Gasteiger partial charge in [-0.15, -0.1) is 0 Å². The molecule has 0 radical (unpaired) electrons. The molecule has 118 valence electrons. The Morgan fingerprint density at radius 1 is 1.26 bits per heavy atom. The molecule has 0 saturated heterocycles. The number of amides is 1. The van der Waals surface area contributed by atoms with E-state index < -0.39 is 11.8 Å². The Kier molecular flexibility index (Phi) is 3.67. The molecule has 3 rings (SSSR count). The van der Waals surface area contributed by atoms with E-state index in [1.807, 2.05) is 0 Å². The van der Waals surface area contributed by atoms with Crippen molar-refractivity contribution in [2.75, 3.05) is 12.0 Å². The topological polar surface area (TPSA) is 103 Å². The van der Waals surface area contributed by atoms with Crippen molar-refractivity contribution in [2.45, 2.75) is 0 Å². The number of hydrogen-bond donors (Lipinski definition) is 3. The van der Waals surface area contributed by atoms with Gasteiger partial charge in [-0.3, -0.25) is 0 Å². The van der Waals surface area contributed by atoms with Crippen molar-refractivity contribution in [1.29, 1.82) is 0 Å². The molecule has 0 aliphatic rings. The summed E-state index contributed by atoms with van der Waals surface area (Å²) in [7, 11) is 1.32. The van der Waals surface area contributed by atoms with E-state index in [9.17, 15) is 20.1 Å². The standard InChI is InChI=1S/C15H12N2O5S/c1-22-13-11-9(7-10(18)12(13)19)16-23-14(11)17(15(20)21)8-5-3-2-4-6-8/h2-7,18-19H,1H3,(H,20,21). The zero-order valence-corrected chi connectivity index (χ0v) is 12.7.